The Hall–Kier alpha value is -0.860. The number of hydrogen-bond donors (Lipinski definition) is 2. The van der Waals surface area contributed by atoms with Crippen LogP contribution in [-0.2, 0) is 0 Å². The number of nitrogens with one attached hydrogen (secondary N) is 2. The van der Waals surface area contributed by atoms with Gasteiger partial charge in [0.1, 0.15) is 0 Å². The third kappa shape index (κ3) is 3.14. The lowest BCUT2D eigenvalue weighted by molar-refractivity contribution is 1.34. The third-order valence-corrected chi connectivity index (χ3v) is 0.287. The average molecular weight is 85.1 g/mol. The molecule has 0 bridgehead atoms. The maximum atomic E-state index is 6.38. The highest BCUT2D eigenvalue weighted by Crippen LogP contribution is 1.38. The largest absolute Gasteiger partial charge is 0.338 e. The van der Waals surface area contributed by atoms with Crippen molar-refractivity contribution in [3.63, 3.8) is 0 Å². The first kappa shape index (κ1) is 5.14. The van der Waals surface area contributed by atoms with E-state index in [1.165, 1.54) is 6.34 Å². The molecule has 3 heteroatoms. The Labute approximate surface area is 36.6 Å². The maximum Gasteiger partial charge on any atom is 0.0871 e. The van der Waals surface area contributed by atoms with Gasteiger partial charge in [-0.2, -0.15) is 0 Å². The first-order valence-electron chi connectivity index (χ1n) is 1.57. The van der Waals surface area contributed by atoms with Gasteiger partial charge in [0.2, 0.25) is 0 Å². The second kappa shape index (κ2) is 4.14. The molecule has 34 valence electrons. The Morgan fingerprint density at radius 1 is 1.83 bits per heavy atom. The van der Waals surface area contributed by atoms with Gasteiger partial charge in [-0.05, 0) is 0 Å². The number of rotatable bonds is 2. The van der Waals surface area contributed by atoms with Crippen molar-refractivity contribution >= 4 is 12.7 Å². The first-order valence-corrected chi connectivity index (χ1v) is 1.57. The molecule has 0 aromatic heterocycles. The fourth-order valence-corrected chi connectivity index (χ4v) is 0.112. The molecule has 0 saturated carbocycles. The molecule has 0 rings (SSSR count). The van der Waals surface area contributed by atoms with Crippen molar-refractivity contribution in [3.8, 4) is 0 Å². The van der Waals surface area contributed by atoms with E-state index in [9.17, 15) is 0 Å². The molecule has 0 fully saturated rings. The second-order valence-corrected chi connectivity index (χ2v) is 0.698. The van der Waals surface area contributed by atoms with Crippen LogP contribution in [0.2, 0.25) is 0 Å². The lowest BCUT2D eigenvalue weighted by Gasteiger charge is -1.76. The summed E-state index contributed by atoms with van der Waals surface area (Å²) in [4.78, 5) is 3.54. The summed E-state index contributed by atoms with van der Waals surface area (Å²) in [7, 11) is 1.64. The Kier molecular flexibility index (Phi) is 3.55. The molecule has 0 saturated heterocycles. The smallest absolute Gasteiger partial charge is 0.0871 e. The molecule has 0 radical (unpaired) electrons. The van der Waals surface area contributed by atoms with Crippen LogP contribution >= 0.6 is 0 Å². The molecule has 0 aliphatic rings. The van der Waals surface area contributed by atoms with Gasteiger partial charge in [-0.25, -0.2) is 0 Å². The highest BCUT2D eigenvalue weighted by Gasteiger charge is 1.53. The Morgan fingerprint density at radius 3 is 2.67 bits per heavy atom. The van der Waals surface area contributed by atoms with E-state index in [1.54, 1.807) is 7.05 Å². The number of aliphatic imine (C=N–C) groups is 1. The van der Waals surface area contributed by atoms with E-state index < -0.39 is 0 Å². The zero-order valence-corrected chi connectivity index (χ0v) is 3.60. The SMILES string of the molecule is CN=CNC=N. The normalized spacial score (nSPS) is 8.83. The van der Waals surface area contributed by atoms with E-state index in [4.69, 9.17) is 5.41 Å². The Bertz CT molecular complexity index is 57.1. The molecule has 0 aliphatic carbocycles. The van der Waals surface area contributed by atoms with Crippen LogP contribution in [0.4, 0.5) is 0 Å². The molecule has 0 aromatic rings. The van der Waals surface area contributed by atoms with Gasteiger partial charge in [-0.15, -0.1) is 0 Å². The molecular weight excluding hydrogens is 78.1 g/mol. The highest BCUT2D eigenvalue weighted by atomic mass is 14.9. The molecule has 6 heavy (non-hydrogen) atoms. The van der Waals surface area contributed by atoms with Crippen molar-refractivity contribution in [3.05, 3.63) is 0 Å². The van der Waals surface area contributed by atoms with Crippen molar-refractivity contribution in [2.75, 3.05) is 7.05 Å². The minimum Gasteiger partial charge on any atom is -0.338 e. The summed E-state index contributed by atoms with van der Waals surface area (Å²) in [6.45, 7) is 0. The van der Waals surface area contributed by atoms with Crippen molar-refractivity contribution in [1.29, 1.82) is 5.41 Å². The molecule has 2 N–H and O–H groups in total. The van der Waals surface area contributed by atoms with Crippen molar-refractivity contribution in [2.45, 2.75) is 0 Å². The van der Waals surface area contributed by atoms with Gasteiger partial charge in [0.15, 0.2) is 0 Å². The lowest BCUT2D eigenvalue weighted by Crippen LogP contribution is -2.04. The van der Waals surface area contributed by atoms with Crippen LogP contribution in [-0.4, -0.2) is 19.7 Å². The number of nitrogens with zero attached hydrogens (tertiary/aromatic N) is 1. The Morgan fingerprint density at radius 2 is 2.50 bits per heavy atom. The van der Waals surface area contributed by atoms with Crippen LogP contribution in [0.3, 0.4) is 0 Å². The topological polar surface area (TPSA) is 48.2 Å². The van der Waals surface area contributed by atoms with Crippen molar-refractivity contribution in [2.24, 2.45) is 4.99 Å². The van der Waals surface area contributed by atoms with Gasteiger partial charge in [0, 0.05) is 7.05 Å². The molecule has 0 spiro atoms. The van der Waals surface area contributed by atoms with E-state index in [-0.39, 0.29) is 0 Å². The van der Waals surface area contributed by atoms with Crippen molar-refractivity contribution in [1.82, 2.24) is 5.32 Å². The van der Waals surface area contributed by atoms with E-state index in [0.29, 0.717) is 0 Å². The fourth-order valence-electron chi connectivity index (χ4n) is 0.112. The predicted octanol–water partition coefficient (Wildman–Crippen LogP) is -0.159. The van der Waals surface area contributed by atoms with Gasteiger partial charge in [-0.1, -0.05) is 0 Å². The van der Waals surface area contributed by atoms with Crippen LogP contribution in [0.5, 0.6) is 0 Å². The predicted molar refractivity (Wildman–Crippen MR) is 26.3 cm³/mol. The van der Waals surface area contributed by atoms with Crippen LogP contribution < -0.4 is 5.32 Å². The minimum atomic E-state index is 1.06. The van der Waals surface area contributed by atoms with E-state index in [1.807, 2.05) is 0 Å². The second-order valence-electron chi connectivity index (χ2n) is 0.698. The van der Waals surface area contributed by atoms with Gasteiger partial charge >= 0.3 is 0 Å². The van der Waals surface area contributed by atoms with E-state index in [2.05, 4.69) is 10.3 Å². The molecule has 0 aromatic carbocycles. The summed E-state index contributed by atoms with van der Waals surface area (Å²) >= 11 is 0. The summed E-state index contributed by atoms with van der Waals surface area (Å²) in [5.41, 5.74) is 0. The van der Waals surface area contributed by atoms with Crippen molar-refractivity contribution < 1.29 is 0 Å². The summed E-state index contributed by atoms with van der Waals surface area (Å²) in [6.07, 6.45) is 2.50. The molecule has 3 nitrogen and oxygen atoms in total. The Balaban J connectivity index is 2.85. The van der Waals surface area contributed by atoms with E-state index in [0.717, 1.165) is 6.34 Å². The zero-order valence-electron chi connectivity index (χ0n) is 3.60. The highest BCUT2D eigenvalue weighted by molar-refractivity contribution is 5.72. The monoisotopic (exact) mass is 85.1 g/mol. The fraction of sp³-hybridized carbons (Fsp3) is 0.333. The molecular formula is C3H7N3. The van der Waals surface area contributed by atoms with Gasteiger partial charge in [0.25, 0.3) is 0 Å². The van der Waals surface area contributed by atoms with E-state index >= 15 is 0 Å². The molecule has 0 aliphatic heterocycles. The van der Waals surface area contributed by atoms with Gasteiger partial charge < -0.3 is 5.32 Å². The van der Waals surface area contributed by atoms with Crippen LogP contribution in [0, 0.1) is 5.41 Å². The molecule has 0 amide bonds. The summed E-state index contributed by atoms with van der Waals surface area (Å²) in [5.74, 6) is 0. The standard InChI is InChI=1S/C3H7N3/c1-5-3-6-2-4/h2-3H,1H3,(H2,4,5,6). The average Bonchev–Trinajstić information content (AvgIpc) is 1.61. The van der Waals surface area contributed by atoms with Crippen LogP contribution in [0.15, 0.2) is 4.99 Å². The van der Waals surface area contributed by atoms with Gasteiger partial charge in [0.05, 0.1) is 12.7 Å². The first-order chi connectivity index (χ1) is 2.91. The number of hydrogen-bond acceptors (Lipinski definition) is 2. The summed E-state index contributed by atoms with van der Waals surface area (Å²) < 4.78 is 0. The zero-order chi connectivity index (χ0) is 4.83. The molecule has 0 unspecified atom stereocenters. The lowest BCUT2D eigenvalue weighted by atomic mass is 11.1. The summed E-state index contributed by atoms with van der Waals surface area (Å²) in [6, 6.07) is 0. The quantitative estimate of drug-likeness (QED) is 0.355. The van der Waals surface area contributed by atoms with Crippen LogP contribution in [0.25, 0.3) is 0 Å². The molecule has 0 heterocycles. The maximum absolute atomic E-state index is 6.38. The van der Waals surface area contributed by atoms with Gasteiger partial charge in [-0.3, -0.25) is 10.4 Å². The third-order valence-electron chi connectivity index (χ3n) is 0.287. The molecule has 0 atom stereocenters. The summed E-state index contributed by atoms with van der Waals surface area (Å²) in [5, 5.41) is 8.83. The van der Waals surface area contributed by atoms with Crippen LogP contribution in [0.1, 0.15) is 0 Å². The minimum absolute atomic E-state index is 1.06.